The molecule has 1 aromatic rings. The number of anilines is 1. The normalized spacial score (nSPS) is 9.06. The van der Waals surface area contributed by atoms with Crippen LogP contribution in [0.5, 0.6) is 0 Å². The topological polar surface area (TPSA) is 67.8 Å². The molecule has 1 aromatic carbocycles. The molecular formula is C11H12N2O3. The van der Waals surface area contributed by atoms with Crippen LogP contribution in [0.2, 0.25) is 0 Å². The van der Waals surface area contributed by atoms with Gasteiger partial charge in [-0.1, -0.05) is 12.1 Å². The maximum absolute atomic E-state index is 11.1. The summed E-state index contributed by atoms with van der Waals surface area (Å²) in [5, 5.41) is 2.56. The number of isocyanates is 1. The number of aliphatic imine (C=N–C) groups is 1. The van der Waals surface area contributed by atoms with Gasteiger partial charge in [0.05, 0.1) is 13.2 Å². The maximum Gasteiger partial charge on any atom is 0.411 e. The molecule has 1 amide bonds. The minimum absolute atomic E-state index is 0.252. The highest BCUT2D eigenvalue weighted by atomic mass is 16.5. The Balaban J connectivity index is 2.66. The van der Waals surface area contributed by atoms with Crippen molar-refractivity contribution in [3.05, 3.63) is 29.8 Å². The van der Waals surface area contributed by atoms with Crippen molar-refractivity contribution >= 4 is 17.9 Å². The molecule has 0 spiro atoms. The number of hydrogen-bond donors (Lipinski definition) is 1. The van der Waals surface area contributed by atoms with Crippen molar-refractivity contribution in [1.82, 2.24) is 0 Å². The van der Waals surface area contributed by atoms with Gasteiger partial charge in [-0.25, -0.2) is 14.6 Å². The molecule has 0 bridgehead atoms. The van der Waals surface area contributed by atoms with Crippen LogP contribution in [-0.2, 0) is 16.1 Å². The highest BCUT2D eigenvalue weighted by molar-refractivity contribution is 5.84. The van der Waals surface area contributed by atoms with Crippen LogP contribution in [-0.4, -0.2) is 18.8 Å². The second-order valence-corrected chi connectivity index (χ2v) is 2.95. The average molecular weight is 220 g/mol. The van der Waals surface area contributed by atoms with Crippen LogP contribution >= 0.6 is 0 Å². The van der Waals surface area contributed by atoms with E-state index in [4.69, 9.17) is 4.74 Å². The molecule has 0 atom stereocenters. The average Bonchev–Trinajstić information content (AvgIpc) is 2.27. The van der Waals surface area contributed by atoms with E-state index in [-0.39, 0.29) is 6.54 Å². The molecule has 1 rings (SSSR count). The fourth-order valence-corrected chi connectivity index (χ4v) is 1.16. The van der Waals surface area contributed by atoms with Gasteiger partial charge in [0.1, 0.15) is 0 Å². The number of amides is 1. The first-order valence-corrected chi connectivity index (χ1v) is 4.82. The van der Waals surface area contributed by atoms with Crippen molar-refractivity contribution < 1.29 is 14.3 Å². The third-order valence-corrected chi connectivity index (χ3v) is 1.77. The lowest BCUT2D eigenvalue weighted by molar-refractivity contribution is 0.168. The van der Waals surface area contributed by atoms with Crippen LogP contribution in [0.1, 0.15) is 12.5 Å². The number of benzene rings is 1. The largest absolute Gasteiger partial charge is 0.450 e. The van der Waals surface area contributed by atoms with Gasteiger partial charge >= 0.3 is 6.09 Å². The van der Waals surface area contributed by atoms with E-state index in [2.05, 4.69) is 10.3 Å². The van der Waals surface area contributed by atoms with Crippen molar-refractivity contribution in [2.45, 2.75) is 13.5 Å². The van der Waals surface area contributed by atoms with E-state index in [1.807, 2.05) is 0 Å². The molecule has 0 aliphatic rings. The lowest BCUT2D eigenvalue weighted by atomic mass is 10.2. The van der Waals surface area contributed by atoms with Crippen molar-refractivity contribution in [3.8, 4) is 0 Å². The van der Waals surface area contributed by atoms with Crippen molar-refractivity contribution in [2.24, 2.45) is 4.99 Å². The molecule has 0 saturated heterocycles. The summed E-state index contributed by atoms with van der Waals surface area (Å²) in [6, 6.07) is 7.01. The lowest BCUT2D eigenvalue weighted by Crippen LogP contribution is -2.13. The van der Waals surface area contributed by atoms with E-state index in [0.717, 1.165) is 5.56 Å². The molecule has 5 heteroatoms. The summed E-state index contributed by atoms with van der Waals surface area (Å²) in [6.07, 6.45) is 0.958. The highest BCUT2D eigenvalue weighted by Gasteiger charge is 2.01. The van der Waals surface area contributed by atoms with Gasteiger partial charge in [-0.15, -0.1) is 0 Å². The van der Waals surface area contributed by atoms with Crippen LogP contribution in [0.3, 0.4) is 0 Å². The molecule has 0 radical (unpaired) electrons. The van der Waals surface area contributed by atoms with Crippen molar-refractivity contribution in [3.63, 3.8) is 0 Å². The summed E-state index contributed by atoms with van der Waals surface area (Å²) in [5.41, 5.74) is 1.43. The molecule has 0 aliphatic carbocycles. The van der Waals surface area contributed by atoms with Gasteiger partial charge in [0.15, 0.2) is 0 Å². The number of nitrogens with zero attached hydrogens (tertiary/aromatic N) is 1. The Morgan fingerprint density at radius 3 is 3.06 bits per heavy atom. The number of rotatable bonds is 4. The summed E-state index contributed by atoms with van der Waals surface area (Å²) < 4.78 is 4.73. The molecule has 0 unspecified atom stereocenters. The highest BCUT2D eigenvalue weighted by Crippen LogP contribution is 2.11. The first kappa shape index (κ1) is 11.9. The lowest BCUT2D eigenvalue weighted by Gasteiger charge is -2.05. The number of carbonyl (C=O) groups is 1. The number of carbonyl (C=O) groups excluding carboxylic acids is 2. The zero-order valence-corrected chi connectivity index (χ0v) is 8.90. The van der Waals surface area contributed by atoms with E-state index >= 15 is 0 Å². The molecule has 0 aliphatic heterocycles. The molecule has 0 aromatic heterocycles. The van der Waals surface area contributed by atoms with Gasteiger partial charge in [-0.2, -0.15) is 0 Å². The number of ether oxygens (including phenoxy) is 1. The Morgan fingerprint density at radius 1 is 1.56 bits per heavy atom. The Labute approximate surface area is 93.1 Å². The molecule has 0 heterocycles. The van der Waals surface area contributed by atoms with E-state index < -0.39 is 6.09 Å². The minimum atomic E-state index is -0.501. The predicted octanol–water partition coefficient (Wildman–Crippen LogP) is 2.09. The first-order valence-electron chi connectivity index (χ1n) is 4.82. The predicted molar refractivity (Wildman–Crippen MR) is 58.9 cm³/mol. The fraction of sp³-hybridized carbons (Fsp3) is 0.273. The van der Waals surface area contributed by atoms with E-state index in [1.165, 1.54) is 6.08 Å². The van der Waals surface area contributed by atoms with Crippen LogP contribution in [0.4, 0.5) is 10.5 Å². The third kappa shape index (κ3) is 3.94. The summed E-state index contributed by atoms with van der Waals surface area (Å²) >= 11 is 0. The number of nitrogens with one attached hydrogen (secondary N) is 1. The van der Waals surface area contributed by atoms with Crippen LogP contribution in [0, 0.1) is 0 Å². The Kier molecular flexibility index (Phi) is 4.76. The van der Waals surface area contributed by atoms with Gasteiger partial charge < -0.3 is 4.74 Å². The van der Waals surface area contributed by atoms with Crippen LogP contribution in [0.15, 0.2) is 29.3 Å². The smallest absolute Gasteiger partial charge is 0.411 e. The molecular weight excluding hydrogens is 208 g/mol. The second kappa shape index (κ2) is 6.37. The first-order chi connectivity index (χ1) is 7.76. The van der Waals surface area contributed by atoms with Gasteiger partial charge in [0.25, 0.3) is 0 Å². The molecule has 5 nitrogen and oxygen atoms in total. The fourth-order valence-electron chi connectivity index (χ4n) is 1.16. The summed E-state index contributed by atoms with van der Waals surface area (Å²) in [6.45, 7) is 2.30. The van der Waals surface area contributed by atoms with Crippen LogP contribution < -0.4 is 5.32 Å². The van der Waals surface area contributed by atoms with Crippen LogP contribution in [0.25, 0.3) is 0 Å². The quantitative estimate of drug-likeness (QED) is 0.624. The zero-order chi connectivity index (χ0) is 11.8. The molecule has 1 N–H and O–H groups in total. The second-order valence-electron chi connectivity index (χ2n) is 2.95. The molecule has 0 fully saturated rings. The van der Waals surface area contributed by atoms with Gasteiger partial charge in [0.2, 0.25) is 6.08 Å². The standard InChI is InChI=1S/C11H12N2O3/c1-2-16-11(15)13-10-5-3-4-9(6-10)7-12-8-14/h3-6H,2,7H2,1H3,(H,13,15). The molecule has 0 saturated carbocycles. The zero-order valence-electron chi connectivity index (χ0n) is 8.90. The van der Waals surface area contributed by atoms with Gasteiger partial charge in [0, 0.05) is 5.69 Å². The maximum atomic E-state index is 11.1. The summed E-state index contributed by atoms with van der Waals surface area (Å²) in [7, 11) is 0. The Morgan fingerprint density at radius 2 is 2.38 bits per heavy atom. The number of hydrogen-bond acceptors (Lipinski definition) is 4. The molecule has 84 valence electrons. The van der Waals surface area contributed by atoms with E-state index in [0.29, 0.717) is 12.3 Å². The third-order valence-electron chi connectivity index (χ3n) is 1.77. The summed E-state index contributed by atoms with van der Waals surface area (Å²) in [5.74, 6) is 0. The SMILES string of the molecule is CCOC(=O)Nc1cccc(CN=C=O)c1. The van der Waals surface area contributed by atoms with Gasteiger partial charge in [-0.3, -0.25) is 5.32 Å². The van der Waals surface area contributed by atoms with Crippen molar-refractivity contribution in [2.75, 3.05) is 11.9 Å². The van der Waals surface area contributed by atoms with E-state index in [1.54, 1.807) is 31.2 Å². The summed E-state index contributed by atoms with van der Waals surface area (Å²) in [4.78, 5) is 24.5. The molecule has 16 heavy (non-hydrogen) atoms. The Hall–Kier alpha value is -2.13. The van der Waals surface area contributed by atoms with E-state index in [9.17, 15) is 9.59 Å². The Bertz CT molecular complexity index is 411. The van der Waals surface area contributed by atoms with Gasteiger partial charge in [-0.05, 0) is 24.6 Å². The van der Waals surface area contributed by atoms with Crippen molar-refractivity contribution in [1.29, 1.82) is 0 Å². The monoisotopic (exact) mass is 220 g/mol. The minimum Gasteiger partial charge on any atom is -0.450 e.